The summed E-state index contributed by atoms with van der Waals surface area (Å²) >= 11 is 3.38. The number of furan rings is 1. The van der Waals surface area contributed by atoms with Gasteiger partial charge >= 0.3 is 0 Å². The fourth-order valence-electron chi connectivity index (χ4n) is 2.40. The van der Waals surface area contributed by atoms with Gasteiger partial charge in [0.15, 0.2) is 4.67 Å². The van der Waals surface area contributed by atoms with Crippen molar-refractivity contribution in [2.45, 2.75) is 45.1 Å². The highest BCUT2D eigenvalue weighted by Crippen LogP contribution is 2.31. The van der Waals surface area contributed by atoms with E-state index in [-0.39, 0.29) is 6.04 Å². The fourth-order valence-corrected chi connectivity index (χ4v) is 2.72. The summed E-state index contributed by atoms with van der Waals surface area (Å²) in [7, 11) is 0. The van der Waals surface area contributed by atoms with Crippen molar-refractivity contribution in [1.82, 2.24) is 5.32 Å². The zero-order valence-corrected chi connectivity index (χ0v) is 11.9. The molecule has 1 aromatic rings. The molecule has 0 aromatic carbocycles. The lowest BCUT2D eigenvalue weighted by atomic mass is 10.00. The fraction of sp³-hybridized carbons (Fsp3) is 0.571. The van der Waals surface area contributed by atoms with Crippen molar-refractivity contribution in [2.24, 2.45) is 0 Å². The third-order valence-electron chi connectivity index (χ3n) is 3.23. The first-order valence-corrected chi connectivity index (χ1v) is 7.28. The van der Waals surface area contributed by atoms with Gasteiger partial charge in [-0.1, -0.05) is 19.4 Å². The Morgan fingerprint density at radius 2 is 2.24 bits per heavy atom. The van der Waals surface area contributed by atoms with E-state index in [1.54, 1.807) is 0 Å². The van der Waals surface area contributed by atoms with E-state index in [0.29, 0.717) is 0 Å². The van der Waals surface area contributed by atoms with Gasteiger partial charge in [0.25, 0.3) is 0 Å². The van der Waals surface area contributed by atoms with Crippen LogP contribution >= 0.6 is 15.9 Å². The normalized spacial score (nSPS) is 18.6. The van der Waals surface area contributed by atoms with Gasteiger partial charge in [0.05, 0.1) is 6.04 Å². The van der Waals surface area contributed by atoms with Gasteiger partial charge in [-0.25, -0.2) is 0 Å². The van der Waals surface area contributed by atoms with Crippen LogP contribution in [0.1, 0.15) is 50.8 Å². The lowest BCUT2D eigenvalue weighted by Crippen LogP contribution is -2.22. The van der Waals surface area contributed by atoms with Gasteiger partial charge < -0.3 is 9.73 Å². The maximum atomic E-state index is 5.71. The van der Waals surface area contributed by atoms with Gasteiger partial charge in [0.2, 0.25) is 0 Å². The summed E-state index contributed by atoms with van der Waals surface area (Å²) in [5.74, 6) is 1.02. The number of likely N-dealkylation sites (N-methyl/N-ethyl adjacent to an activating group) is 1. The van der Waals surface area contributed by atoms with Crippen molar-refractivity contribution >= 4 is 15.9 Å². The third-order valence-corrected chi connectivity index (χ3v) is 3.66. The van der Waals surface area contributed by atoms with Gasteiger partial charge in [-0.15, -0.1) is 0 Å². The number of hydrogen-bond donors (Lipinski definition) is 1. The maximum absolute atomic E-state index is 5.71. The van der Waals surface area contributed by atoms with E-state index in [2.05, 4.69) is 40.3 Å². The molecule has 0 aliphatic heterocycles. The van der Waals surface area contributed by atoms with Crippen LogP contribution in [0, 0.1) is 0 Å². The van der Waals surface area contributed by atoms with Crippen molar-refractivity contribution in [3.05, 3.63) is 34.2 Å². The van der Waals surface area contributed by atoms with E-state index in [4.69, 9.17) is 4.42 Å². The van der Waals surface area contributed by atoms with Crippen molar-refractivity contribution < 1.29 is 4.42 Å². The molecule has 0 fully saturated rings. The van der Waals surface area contributed by atoms with E-state index in [1.807, 2.05) is 6.07 Å². The highest BCUT2D eigenvalue weighted by molar-refractivity contribution is 9.10. The Labute approximate surface area is 112 Å². The van der Waals surface area contributed by atoms with Crippen molar-refractivity contribution in [3.63, 3.8) is 0 Å². The van der Waals surface area contributed by atoms with E-state index in [0.717, 1.165) is 17.0 Å². The van der Waals surface area contributed by atoms with Crippen molar-refractivity contribution in [1.29, 1.82) is 0 Å². The second kappa shape index (κ2) is 6.41. The predicted octanol–water partition coefficient (Wildman–Crippen LogP) is 4.58. The van der Waals surface area contributed by atoms with Gasteiger partial charge in [-0.3, -0.25) is 0 Å². The Hall–Kier alpha value is -0.540. The van der Waals surface area contributed by atoms with Crippen LogP contribution in [0.15, 0.2) is 32.9 Å². The summed E-state index contributed by atoms with van der Waals surface area (Å²) in [6.45, 7) is 3.10. The van der Waals surface area contributed by atoms with Crippen LogP contribution in [0.3, 0.4) is 0 Å². The average molecular weight is 298 g/mol. The molecule has 1 aliphatic carbocycles. The first kappa shape index (κ1) is 12.9. The number of rotatable bonds is 4. The molecule has 0 amide bonds. The SMILES string of the molecule is CCNC(C1=CCCCCC1)c1ccc(Br)o1. The molecule has 0 spiro atoms. The lowest BCUT2D eigenvalue weighted by Gasteiger charge is -2.18. The zero-order chi connectivity index (χ0) is 12.1. The number of nitrogens with one attached hydrogen (secondary N) is 1. The summed E-state index contributed by atoms with van der Waals surface area (Å²) in [6.07, 6.45) is 8.77. The van der Waals surface area contributed by atoms with Gasteiger partial charge in [-0.2, -0.15) is 0 Å². The topological polar surface area (TPSA) is 25.2 Å². The first-order chi connectivity index (χ1) is 8.31. The van der Waals surface area contributed by atoms with Crippen LogP contribution in [0.5, 0.6) is 0 Å². The molecule has 1 aliphatic rings. The average Bonchev–Trinajstić information content (AvgIpc) is 2.60. The van der Waals surface area contributed by atoms with E-state index >= 15 is 0 Å². The summed E-state index contributed by atoms with van der Waals surface area (Å²) in [5, 5.41) is 3.53. The lowest BCUT2D eigenvalue weighted by molar-refractivity contribution is 0.428. The second-order valence-corrected chi connectivity index (χ2v) is 5.29. The van der Waals surface area contributed by atoms with Crippen molar-refractivity contribution in [2.75, 3.05) is 6.54 Å². The molecule has 0 saturated carbocycles. The zero-order valence-electron chi connectivity index (χ0n) is 10.3. The number of hydrogen-bond acceptors (Lipinski definition) is 2. The second-order valence-electron chi connectivity index (χ2n) is 4.51. The number of allylic oxidation sites excluding steroid dienone is 1. The van der Waals surface area contributed by atoms with E-state index < -0.39 is 0 Å². The van der Waals surface area contributed by atoms with Gasteiger partial charge in [-0.05, 0) is 65.9 Å². The molecule has 17 heavy (non-hydrogen) atoms. The smallest absolute Gasteiger partial charge is 0.169 e. The van der Waals surface area contributed by atoms with Crippen molar-refractivity contribution in [3.8, 4) is 0 Å². The van der Waals surface area contributed by atoms with Crippen LogP contribution < -0.4 is 5.32 Å². The van der Waals surface area contributed by atoms with Crippen LogP contribution in [-0.4, -0.2) is 6.54 Å². The molecule has 0 radical (unpaired) electrons. The molecule has 1 unspecified atom stereocenters. The number of halogens is 1. The Balaban J connectivity index is 2.18. The molecule has 1 heterocycles. The predicted molar refractivity (Wildman–Crippen MR) is 74.0 cm³/mol. The molecule has 94 valence electrons. The minimum absolute atomic E-state index is 0.254. The van der Waals surface area contributed by atoms with Crippen LogP contribution in [0.4, 0.5) is 0 Å². The molecule has 1 aromatic heterocycles. The summed E-state index contributed by atoms with van der Waals surface area (Å²) in [5.41, 5.74) is 1.49. The minimum Gasteiger partial charge on any atom is -0.452 e. The molecule has 1 N–H and O–H groups in total. The largest absolute Gasteiger partial charge is 0.452 e. The molecule has 1 atom stereocenters. The molecule has 0 bridgehead atoms. The van der Waals surface area contributed by atoms with Crippen LogP contribution in [0.2, 0.25) is 0 Å². The minimum atomic E-state index is 0.254. The van der Waals surface area contributed by atoms with Gasteiger partial charge in [0, 0.05) is 0 Å². The maximum Gasteiger partial charge on any atom is 0.169 e. The van der Waals surface area contributed by atoms with E-state index in [1.165, 1.54) is 37.7 Å². The third kappa shape index (κ3) is 3.46. The Bertz CT molecular complexity index is 383. The van der Waals surface area contributed by atoms with Crippen LogP contribution in [-0.2, 0) is 0 Å². The monoisotopic (exact) mass is 297 g/mol. The summed E-state index contributed by atoms with van der Waals surface area (Å²) in [4.78, 5) is 0. The highest BCUT2D eigenvalue weighted by atomic mass is 79.9. The molecular weight excluding hydrogens is 278 g/mol. The molecule has 3 heteroatoms. The summed E-state index contributed by atoms with van der Waals surface area (Å²) in [6, 6.07) is 4.28. The molecular formula is C14H20BrNO. The summed E-state index contributed by atoms with van der Waals surface area (Å²) < 4.78 is 6.52. The van der Waals surface area contributed by atoms with Crippen LogP contribution in [0.25, 0.3) is 0 Å². The standard InChI is InChI=1S/C14H20BrNO/c1-2-16-14(12-9-10-13(15)17-12)11-7-5-3-4-6-8-11/h7,9-10,14,16H,2-6,8H2,1H3. The van der Waals surface area contributed by atoms with E-state index in [9.17, 15) is 0 Å². The molecule has 0 saturated heterocycles. The molecule has 2 nitrogen and oxygen atoms in total. The molecule has 2 rings (SSSR count). The Morgan fingerprint density at radius 1 is 1.35 bits per heavy atom. The Kier molecular flexibility index (Phi) is 4.86. The highest BCUT2D eigenvalue weighted by Gasteiger charge is 2.19. The van der Waals surface area contributed by atoms with Gasteiger partial charge in [0.1, 0.15) is 5.76 Å². The quantitative estimate of drug-likeness (QED) is 0.823. The first-order valence-electron chi connectivity index (χ1n) is 6.49. The Morgan fingerprint density at radius 3 is 2.94 bits per heavy atom.